The highest BCUT2D eigenvalue weighted by molar-refractivity contribution is 6.96. The van der Waals surface area contributed by atoms with Gasteiger partial charge in [-0.15, -0.1) is 0 Å². The Morgan fingerprint density at radius 2 is 0.568 bits per heavy atom. The van der Waals surface area contributed by atoms with Crippen molar-refractivity contribution in [3.8, 4) is 0 Å². The Kier molecular flexibility index (Phi) is 19.7. The molecular weight excluding hydrogens is 479 g/mol. The molecule has 0 aliphatic heterocycles. The van der Waals surface area contributed by atoms with E-state index >= 15 is 0 Å². The van der Waals surface area contributed by atoms with E-state index in [4.69, 9.17) is 0 Å². The Morgan fingerprint density at radius 3 is 0.784 bits per heavy atom. The van der Waals surface area contributed by atoms with Crippen molar-refractivity contribution in [3.05, 3.63) is 0 Å². The van der Waals surface area contributed by atoms with Crippen LogP contribution in [0, 0.1) is 0 Å². The van der Waals surface area contributed by atoms with Crippen LogP contribution >= 0.6 is 0 Å². The van der Waals surface area contributed by atoms with Gasteiger partial charge in [0.25, 0.3) is 0 Å². The molecule has 0 radical (unpaired) electrons. The molecule has 0 aliphatic carbocycles. The SMILES string of the molecule is CCCCCCCCCCCCCCCCN([Si](C(C)C)(C(C)C)C(C)C)[Si](C(C)C)(C(C)C)C(C)C. The zero-order chi connectivity index (χ0) is 28.6. The van der Waals surface area contributed by atoms with Crippen molar-refractivity contribution in [2.45, 2.75) is 213 Å². The number of unbranched alkanes of at least 4 members (excludes halogenated alkanes) is 13. The molecule has 0 saturated heterocycles. The van der Waals surface area contributed by atoms with Gasteiger partial charge in [0.15, 0.2) is 0 Å². The third-order valence-electron chi connectivity index (χ3n) is 10.2. The summed E-state index contributed by atoms with van der Waals surface area (Å²) in [5.41, 5.74) is 4.85. The van der Waals surface area contributed by atoms with Crippen molar-refractivity contribution in [1.82, 2.24) is 4.23 Å². The van der Waals surface area contributed by atoms with E-state index in [1.165, 1.54) is 96.4 Å². The summed E-state index contributed by atoms with van der Waals surface area (Å²) in [5.74, 6) is 0. The molecular formula is C34H75NSi2. The molecule has 0 heterocycles. The minimum absolute atomic E-state index is 0.808. The molecule has 0 atom stereocenters. The summed E-state index contributed by atoms with van der Waals surface area (Å²) in [4.78, 5) is 0. The van der Waals surface area contributed by atoms with E-state index in [0.29, 0.717) is 0 Å². The van der Waals surface area contributed by atoms with Crippen molar-refractivity contribution in [3.63, 3.8) is 0 Å². The first-order valence-corrected chi connectivity index (χ1v) is 21.5. The van der Waals surface area contributed by atoms with Crippen molar-refractivity contribution < 1.29 is 0 Å². The molecule has 0 aromatic carbocycles. The number of hydrogen-bond donors (Lipinski definition) is 0. The normalized spacial score (nSPS) is 13.6. The number of rotatable bonds is 23. The maximum Gasteiger partial charge on any atom is 0.129 e. The van der Waals surface area contributed by atoms with E-state index in [1.54, 1.807) is 0 Å². The third-order valence-corrected chi connectivity index (χ3v) is 26.0. The van der Waals surface area contributed by atoms with Gasteiger partial charge in [-0.3, -0.25) is 0 Å². The topological polar surface area (TPSA) is 3.24 Å². The fraction of sp³-hybridized carbons (Fsp3) is 1.00. The second-order valence-corrected chi connectivity index (χ2v) is 26.5. The van der Waals surface area contributed by atoms with E-state index in [-0.39, 0.29) is 0 Å². The molecule has 0 aromatic rings. The van der Waals surface area contributed by atoms with Crippen LogP contribution in [0.2, 0.25) is 33.2 Å². The summed E-state index contributed by atoms with van der Waals surface area (Å²) >= 11 is 0. The standard InChI is InChI=1S/C34H75NSi2/c1-14-15-16-17-18-19-20-21-22-23-24-25-26-27-28-35(36(29(2)3,30(4)5)31(6)7)37(32(8)9,33(10)11)34(12)13/h29-34H,14-28H2,1-13H3. The predicted octanol–water partition coefficient (Wildman–Crippen LogP) is 13.1. The summed E-state index contributed by atoms with van der Waals surface area (Å²) in [6.07, 6.45) is 20.3. The molecule has 0 amide bonds. The Hall–Kier alpha value is 0.394. The molecule has 0 rings (SSSR count). The molecule has 0 N–H and O–H groups in total. The lowest BCUT2D eigenvalue weighted by molar-refractivity contribution is 0.465. The van der Waals surface area contributed by atoms with Crippen molar-refractivity contribution in [2.24, 2.45) is 0 Å². The fourth-order valence-corrected chi connectivity index (χ4v) is 29.2. The first-order chi connectivity index (χ1) is 17.4. The van der Waals surface area contributed by atoms with Gasteiger partial charge in [-0.1, -0.05) is 173 Å². The van der Waals surface area contributed by atoms with Gasteiger partial charge in [0.05, 0.1) is 0 Å². The second kappa shape index (κ2) is 19.5. The zero-order valence-corrected chi connectivity index (χ0v) is 30.5. The molecule has 37 heavy (non-hydrogen) atoms. The lowest BCUT2D eigenvalue weighted by Gasteiger charge is -2.63. The first kappa shape index (κ1) is 37.4. The summed E-state index contributed by atoms with van der Waals surface area (Å²) < 4.78 is 3.39. The predicted molar refractivity (Wildman–Crippen MR) is 179 cm³/mol. The van der Waals surface area contributed by atoms with E-state index in [9.17, 15) is 0 Å². The molecule has 0 aromatic heterocycles. The monoisotopic (exact) mass is 554 g/mol. The lowest BCUT2D eigenvalue weighted by atomic mass is 10.0. The van der Waals surface area contributed by atoms with Gasteiger partial charge in [-0.25, -0.2) is 0 Å². The van der Waals surface area contributed by atoms with Gasteiger partial charge in [0.2, 0.25) is 0 Å². The minimum Gasteiger partial charge on any atom is -0.344 e. The molecule has 0 unspecified atom stereocenters. The summed E-state index contributed by atoms with van der Waals surface area (Å²) in [6.45, 7) is 34.7. The quantitative estimate of drug-likeness (QED) is 0.0898. The Labute approximate surface area is 239 Å². The zero-order valence-electron chi connectivity index (χ0n) is 28.5. The van der Waals surface area contributed by atoms with Gasteiger partial charge in [0, 0.05) is 0 Å². The van der Waals surface area contributed by atoms with Crippen LogP contribution in [0.1, 0.15) is 180 Å². The molecule has 224 valence electrons. The van der Waals surface area contributed by atoms with Crippen LogP contribution in [0.4, 0.5) is 0 Å². The van der Waals surface area contributed by atoms with Crippen molar-refractivity contribution in [1.29, 1.82) is 0 Å². The molecule has 0 spiro atoms. The lowest BCUT2D eigenvalue weighted by Crippen LogP contribution is -2.73. The van der Waals surface area contributed by atoms with Gasteiger partial charge >= 0.3 is 0 Å². The highest BCUT2D eigenvalue weighted by Gasteiger charge is 2.58. The summed E-state index contributed by atoms with van der Waals surface area (Å²) in [5, 5.41) is 0. The second-order valence-electron chi connectivity index (χ2n) is 14.5. The average molecular weight is 554 g/mol. The van der Waals surface area contributed by atoms with E-state index in [1.807, 2.05) is 0 Å². The van der Waals surface area contributed by atoms with Crippen LogP contribution in [0.15, 0.2) is 0 Å². The van der Waals surface area contributed by atoms with Crippen LogP contribution in [0.5, 0.6) is 0 Å². The highest BCUT2D eigenvalue weighted by Crippen LogP contribution is 2.53. The Balaban J connectivity index is 5.17. The van der Waals surface area contributed by atoms with E-state index in [0.717, 1.165) is 33.2 Å². The smallest absolute Gasteiger partial charge is 0.129 e. The van der Waals surface area contributed by atoms with Crippen LogP contribution in [-0.2, 0) is 0 Å². The van der Waals surface area contributed by atoms with Gasteiger partial charge < -0.3 is 4.23 Å². The third kappa shape index (κ3) is 10.4. The molecule has 3 heteroatoms. The van der Waals surface area contributed by atoms with Gasteiger partial charge in [-0.05, 0) is 46.2 Å². The fourth-order valence-electron chi connectivity index (χ4n) is 9.06. The maximum absolute atomic E-state index is 3.39. The molecule has 0 aliphatic rings. The Bertz CT molecular complexity index is 462. The average Bonchev–Trinajstić information content (AvgIpc) is 2.78. The number of nitrogens with zero attached hydrogens (tertiary/aromatic N) is 1. The van der Waals surface area contributed by atoms with E-state index < -0.39 is 16.5 Å². The summed E-state index contributed by atoms with van der Waals surface area (Å²) in [6, 6.07) is 0. The summed E-state index contributed by atoms with van der Waals surface area (Å²) in [7, 11) is -3.38. The molecule has 0 saturated carbocycles. The minimum atomic E-state index is -1.69. The van der Waals surface area contributed by atoms with Crippen molar-refractivity contribution in [2.75, 3.05) is 6.54 Å². The van der Waals surface area contributed by atoms with Crippen LogP contribution in [0.3, 0.4) is 0 Å². The van der Waals surface area contributed by atoms with Crippen LogP contribution in [-0.4, -0.2) is 27.2 Å². The molecule has 0 fully saturated rings. The molecule has 1 nitrogen and oxygen atoms in total. The van der Waals surface area contributed by atoms with E-state index in [2.05, 4.69) is 94.2 Å². The largest absolute Gasteiger partial charge is 0.344 e. The van der Waals surface area contributed by atoms with Crippen LogP contribution in [0.25, 0.3) is 0 Å². The Morgan fingerprint density at radius 1 is 0.351 bits per heavy atom. The maximum atomic E-state index is 3.39. The van der Waals surface area contributed by atoms with Crippen LogP contribution < -0.4 is 0 Å². The first-order valence-electron chi connectivity index (χ1n) is 17.1. The molecule has 0 bridgehead atoms. The van der Waals surface area contributed by atoms with Gasteiger partial charge in [0.1, 0.15) is 16.5 Å². The van der Waals surface area contributed by atoms with Crippen molar-refractivity contribution >= 4 is 16.5 Å². The van der Waals surface area contributed by atoms with Gasteiger partial charge in [-0.2, -0.15) is 0 Å². The highest BCUT2D eigenvalue weighted by atomic mass is 28.4. The number of hydrogen-bond acceptors (Lipinski definition) is 1.